The van der Waals surface area contributed by atoms with Gasteiger partial charge in [-0.15, -0.1) is 10.2 Å². The molecule has 1 aromatic heterocycles. The lowest BCUT2D eigenvalue weighted by atomic mass is 10.2. The minimum absolute atomic E-state index is 0.110. The summed E-state index contributed by atoms with van der Waals surface area (Å²) >= 11 is 1.23. The second-order valence-electron chi connectivity index (χ2n) is 4.85. The van der Waals surface area contributed by atoms with Crippen LogP contribution >= 0.6 is 11.8 Å². The Bertz CT molecular complexity index is 775. The molecule has 3 aromatic rings. The van der Waals surface area contributed by atoms with E-state index < -0.39 is 0 Å². The van der Waals surface area contributed by atoms with Gasteiger partial charge in [0.2, 0.25) is 11.8 Å². The first-order valence-corrected chi connectivity index (χ1v) is 8.02. The number of hydrogen-bond acceptors (Lipinski definition) is 5. The number of benzene rings is 2. The highest BCUT2D eigenvalue weighted by Gasteiger charge is 2.18. The second kappa shape index (κ2) is 7.11. The molecule has 2 aromatic carbocycles. The number of hydrogen-bond donors (Lipinski definition) is 1. The fourth-order valence-corrected chi connectivity index (χ4v) is 2.61. The van der Waals surface area contributed by atoms with Crippen LogP contribution in [0.2, 0.25) is 0 Å². The van der Waals surface area contributed by atoms with Crippen LogP contribution in [0, 0.1) is 0 Å². The molecule has 0 spiro atoms. The maximum Gasteiger partial charge on any atom is 0.277 e. The Morgan fingerprint density at radius 1 is 1.04 bits per heavy atom. The number of thioether (sulfide) groups is 1. The SMILES string of the molecule is C[C@@H](Sc1nnc(-c2ccccc2)o1)C(=O)Nc1ccccc1. The van der Waals surface area contributed by atoms with Crippen molar-refractivity contribution < 1.29 is 9.21 Å². The lowest BCUT2D eigenvalue weighted by Gasteiger charge is -2.09. The number of nitrogens with one attached hydrogen (secondary N) is 1. The fourth-order valence-electron chi connectivity index (χ4n) is 1.92. The van der Waals surface area contributed by atoms with Crippen molar-refractivity contribution in [2.45, 2.75) is 17.4 Å². The van der Waals surface area contributed by atoms with E-state index >= 15 is 0 Å². The Labute approximate surface area is 138 Å². The second-order valence-corrected chi connectivity index (χ2v) is 6.15. The van der Waals surface area contributed by atoms with Gasteiger partial charge in [0.1, 0.15) is 0 Å². The lowest BCUT2D eigenvalue weighted by molar-refractivity contribution is -0.115. The zero-order valence-corrected chi connectivity index (χ0v) is 13.3. The standard InChI is InChI=1S/C17H15N3O2S/c1-12(15(21)18-14-10-6-3-7-11-14)23-17-20-19-16(22-17)13-8-4-2-5-9-13/h2-12H,1H3,(H,18,21)/t12-/m1/s1. The maximum atomic E-state index is 12.2. The number of rotatable bonds is 5. The number of carbonyl (C=O) groups is 1. The first kappa shape index (κ1) is 15.3. The minimum Gasteiger partial charge on any atom is -0.411 e. The van der Waals surface area contributed by atoms with Crippen LogP contribution in [0.25, 0.3) is 11.5 Å². The van der Waals surface area contributed by atoms with Crippen LogP contribution < -0.4 is 5.32 Å². The number of anilines is 1. The van der Waals surface area contributed by atoms with Crippen molar-refractivity contribution in [3.05, 3.63) is 60.7 Å². The predicted octanol–water partition coefficient (Wildman–Crippen LogP) is 3.86. The highest BCUT2D eigenvalue weighted by molar-refractivity contribution is 8.00. The monoisotopic (exact) mass is 325 g/mol. The van der Waals surface area contributed by atoms with Crippen molar-refractivity contribution in [3.8, 4) is 11.5 Å². The van der Waals surface area contributed by atoms with Crippen LogP contribution in [0.4, 0.5) is 5.69 Å². The highest BCUT2D eigenvalue weighted by Crippen LogP contribution is 2.26. The van der Waals surface area contributed by atoms with Gasteiger partial charge in [0.15, 0.2) is 0 Å². The minimum atomic E-state index is -0.348. The molecule has 6 heteroatoms. The van der Waals surface area contributed by atoms with E-state index in [0.29, 0.717) is 11.1 Å². The lowest BCUT2D eigenvalue weighted by Crippen LogP contribution is -2.22. The summed E-state index contributed by atoms with van der Waals surface area (Å²) in [6.07, 6.45) is 0. The van der Waals surface area contributed by atoms with Crippen molar-refractivity contribution in [2.75, 3.05) is 5.32 Å². The van der Waals surface area contributed by atoms with Crippen molar-refractivity contribution in [1.82, 2.24) is 10.2 Å². The maximum absolute atomic E-state index is 12.2. The largest absolute Gasteiger partial charge is 0.411 e. The van der Waals surface area contributed by atoms with Crippen molar-refractivity contribution in [2.24, 2.45) is 0 Å². The number of carbonyl (C=O) groups excluding carboxylic acids is 1. The number of amides is 1. The van der Waals surface area contributed by atoms with Gasteiger partial charge in [-0.25, -0.2) is 0 Å². The van der Waals surface area contributed by atoms with Gasteiger partial charge in [0, 0.05) is 11.3 Å². The van der Waals surface area contributed by atoms with E-state index in [2.05, 4.69) is 15.5 Å². The summed E-state index contributed by atoms with van der Waals surface area (Å²) in [5.74, 6) is 0.337. The number of aromatic nitrogens is 2. The average molecular weight is 325 g/mol. The smallest absolute Gasteiger partial charge is 0.277 e. The molecule has 0 saturated heterocycles. The molecule has 23 heavy (non-hydrogen) atoms. The Kier molecular flexibility index (Phi) is 4.73. The first-order chi connectivity index (χ1) is 11.2. The van der Waals surface area contributed by atoms with Gasteiger partial charge in [-0.3, -0.25) is 4.79 Å². The molecule has 0 unspecified atom stereocenters. The molecule has 1 atom stereocenters. The van der Waals surface area contributed by atoms with Crippen molar-refractivity contribution in [3.63, 3.8) is 0 Å². The van der Waals surface area contributed by atoms with Crippen molar-refractivity contribution >= 4 is 23.4 Å². The van der Waals surface area contributed by atoms with Crippen LogP contribution in [0.5, 0.6) is 0 Å². The summed E-state index contributed by atoms with van der Waals surface area (Å²) in [6, 6.07) is 18.9. The molecule has 0 aliphatic rings. The Hall–Kier alpha value is -2.60. The van der Waals surface area contributed by atoms with Crippen LogP contribution in [0.15, 0.2) is 70.3 Å². The van der Waals surface area contributed by atoms with Gasteiger partial charge < -0.3 is 9.73 Å². The molecule has 1 N–H and O–H groups in total. The zero-order chi connectivity index (χ0) is 16.1. The van der Waals surface area contributed by atoms with Crippen LogP contribution in [-0.4, -0.2) is 21.4 Å². The summed E-state index contributed by atoms with van der Waals surface area (Å²) < 4.78 is 5.60. The van der Waals surface area contributed by atoms with E-state index in [1.165, 1.54) is 11.8 Å². The number of para-hydroxylation sites is 1. The summed E-state index contributed by atoms with van der Waals surface area (Å²) in [4.78, 5) is 12.2. The quantitative estimate of drug-likeness (QED) is 0.722. The van der Waals surface area contributed by atoms with Crippen LogP contribution in [-0.2, 0) is 4.79 Å². The summed E-state index contributed by atoms with van der Waals surface area (Å²) in [5, 5.41) is 10.9. The third-order valence-electron chi connectivity index (χ3n) is 3.12. The van der Waals surface area contributed by atoms with Crippen LogP contribution in [0.3, 0.4) is 0 Å². The molecule has 0 radical (unpaired) electrons. The molecule has 0 bridgehead atoms. The Morgan fingerprint density at radius 3 is 2.39 bits per heavy atom. The molecule has 1 heterocycles. The Morgan fingerprint density at radius 2 is 1.70 bits per heavy atom. The van der Waals surface area contributed by atoms with E-state index in [1.807, 2.05) is 60.7 Å². The molecule has 0 fully saturated rings. The van der Waals surface area contributed by atoms with Gasteiger partial charge in [0.05, 0.1) is 5.25 Å². The van der Waals surface area contributed by atoms with Gasteiger partial charge in [0.25, 0.3) is 5.22 Å². The third-order valence-corrected chi connectivity index (χ3v) is 4.05. The average Bonchev–Trinajstić information content (AvgIpc) is 3.05. The van der Waals surface area contributed by atoms with Crippen LogP contribution in [0.1, 0.15) is 6.92 Å². The van der Waals surface area contributed by atoms with Gasteiger partial charge in [-0.2, -0.15) is 0 Å². The third kappa shape index (κ3) is 3.98. The first-order valence-electron chi connectivity index (χ1n) is 7.14. The molecule has 1 amide bonds. The molecule has 0 saturated carbocycles. The summed E-state index contributed by atoms with van der Waals surface area (Å²) in [5.41, 5.74) is 1.62. The molecular formula is C17H15N3O2S. The van der Waals surface area contributed by atoms with E-state index in [9.17, 15) is 4.79 Å². The topological polar surface area (TPSA) is 68.0 Å². The molecule has 3 rings (SSSR count). The van der Waals surface area contributed by atoms with Gasteiger partial charge in [-0.05, 0) is 31.2 Å². The molecule has 116 valence electrons. The molecular weight excluding hydrogens is 310 g/mol. The van der Waals surface area contributed by atoms with E-state index in [1.54, 1.807) is 6.92 Å². The summed E-state index contributed by atoms with van der Waals surface area (Å²) in [6.45, 7) is 1.80. The fraction of sp³-hybridized carbons (Fsp3) is 0.118. The normalized spacial score (nSPS) is 11.9. The van der Waals surface area contributed by atoms with Gasteiger partial charge in [-0.1, -0.05) is 48.2 Å². The molecule has 0 aliphatic carbocycles. The predicted molar refractivity (Wildman–Crippen MR) is 90.1 cm³/mol. The van der Waals surface area contributed by atoms with E-state index in [-0.39, 0.29) is 11.2 Å². The Balaban J connectivity index is 1.63. The van der Waals surface area contributed by atoms with E-state index in [0.717, 1.165) is 11.3 Å². The number of nitrogens with zero attached hydrogens (tertiary/aromatic N) is 2. The van der Waals surface area contributed by atoms with Gasteiger partial charge >= 0.3 is 0 Å². The zero-order valence-electron chi connectivity index (χ0n) is 12.5. The van der Waals surface area contributed by atoms with E-state index in [4.69, 9.17) is 4.42 Å². The molecule has 5 nitrogen and oxygen atoms in total. The van der Waals surface area contributed by atoms with Crippen molar-refractivity contribution in [1.29, 1.82) is 0 Å². The molecule has 0 aliphatic heterocycles. The summed E-state index contributed by atoms with van der Waals surface area (Å²) in [7, 11) is 0. The highest BCUT2D eigenvalue weighted by atomic mass is 32.2.